The number of carbonyl (C=O) groups excluding carboxylic acids is 1. The van der Waals surface area contributed by atoms with Crippen molar-refractivity contribution in [3.8, 4) is 22.9 Å². The van der Waals surface area contributed by atoms with Crippen molar-refractivity contribution in [3.05, 3.63) is 48.0 Å². The third-order valence-corrected chi connectivity index (χ3v) is 8.37. The molecule has 0 fully saturated rings. The predicted molar refractivity (Wildman–Crippen MR) is 137 cm³/mol. The quantitative estimate of drug-likeness (QED) is 0.601. The predicted octanol–water partition coefficient (Wildman–Crippen LogP) is 2.01. The second kappa shape index (κ2) is 11.4. The third kappa shape index (κ3) is 6.05. The van der Waals surface area contributed by atoms with Crippen LogP contribution in [0.5, 0.6) is 5.75 Å². The molecule has 1 amide bonds. The minimum absolute atomic E-state index is 0.0133. The molecule has 0 saturated heterocycles. The number of nitriles is 1. The Kier molecular flexibility index (Phi) is 8.74. The van der Waals surface area contributed by atoms with Gasteiger partial charge >= 0.3 is 0 Å². The third-order valence-electron chi connectivity index (χ3n) is 6.35. The van der Waals surface area contributed by atoms with Crippen molar-refractivity contribution < 1.29 is 23.1 Å². The van der Waals surface area contributed by atoms with Crippen molar-refractivity contribution in [2.24, 2.45) is 5.92 Å². The molecule has 0 bridgehead atoms. The Labute approximate surface area is 213 Å². The Morgan fingerprint density at radius 2 is 1.83 bits per heavy atom. The number of hydrogen-bond acceptors (Lipinski definition) is 7. The zero-order valence-electron chi connectivity index (χ0n) is 21.4. The first-order valence-corrected chi connectivity index (χ1v) is 13.2. The molecule has 1 aliphatic rings. The normalized spacial score (nSPS) is 20.4. The maximum Gasteiger partial charge on any atom is 0.247 e. The first-order chi connectivity index (χ1) is 17.0. The number of likely N-dealkylation sites (N-methyl/N-ethyl adjacent to an activating group) is 2. The number of hydrogen-bond donors (Lipinski definition) is 1. The summed E-state index contributed by atoms with van der Waals surface area (Å²) in [5, 5.41) is 18.9. The van der Waals surface area contributed by atoms with Gasteiger partial charge in [-0.3, -0.25) is 4.79 Å². The molecule has 3 atom stereocenters. The van der Waals surface area contributed by atoms with E-state index >= 15 is 0 Å². The van der Waals surface area contributed by atoms with Gasteiger partial charge in [0.25, 0.3) is 0 Å². The monoisotopic (exact) mass is 514 g/mol. The van der Waals surface area contributed by atoms with Crippen LogP contribution in [0.1, 0.15) is 19.4 Å². The van der Waals surface area contributed by atoms with Gasteiger partial charge in [-0.25, -0.2) is 8.42 Å². The van der Waals surface area contributed by atoms with Crippen LogP contribution < -0.4 is 4.74 Å². The largest absolute Gasteiger partial charge is 0.487 e. The van der Waals surface area contributed by atoms with E-state index in [9.17, 15) is 18.3 Å². The first kappa shape index (κ1) is 27.6. The molecule has 1 aliphatic heterocycles. The van der Waals surface area contributed by atoms with Gasteiger partial charge in [0.2, 0.25) is 15.9 Å². The van der Waals surface area contributed by atoms with Crippen LogP contribution >= 0.6 is 0 Å². The molecule has 0 unspecified atom stereocenters. The topological polar surface area (TPSA) is 114 Å². The van der Waals surface area contributed by atoms with Gasteiger partial charge in [-0.15, -0.1) is 0 Å². The summed E-state index contributed by atoms with van der Waals surface area (Å²) < 4.78 is 34.9. The summed E-state index contributed by atoms with van der Waals surface area (Å²) in [6.07, 6.45) is -0.486. The standard InChI is InChI=1S/C26H34N4O5S/c1-18-14-30(19(2)17-31)36(33,34)25-11-10-22(21-8-6-20(13-27)7-9-21)12-23(25)35-24(18)15-29(5)26(32)16-28(3)4/h6-12,18-19,24,31H,14-17H2,1-5H3/t18-,19+,24-/m0/s1. The molecule has 0 radical (unpaired) electrons. The van der Waals surface area contributed by atoms with Crippen molar-refractivity contribution in [3.63, 3.8) is 0 Å². The highest BCUT2D eigenvalue weighted by Gasteiger charge is 2.38. The smallest absolute Gasteiger partial charge is 0.247 e. The number of aliphatic hydroxyl groups is 1. The average Bonchev–Trinajstić information content (AvgIpc) is 2.85. The molecule has 0 aliphatic carbocycles. The number of rotatable bonds is 7. The minimum Gasteiger partial charge on any atom is -0.487 e. The molecule has 0 saturated carbocycles. The van der Waals surface area contributed by atoms with E-state index in [1.807, 2.05) is 21.0 Å². The van der Waals surface area contributed by atoms with Crippen LogP contribution in [0, 0.1) is 17.2 Å². The second-order valence-corrected chi connectivity index (χ2v) is 11.5. The lowest BCUT2D eigenvalue weighted by atomic mass is 10.0. The maximum absolute atomic E-state index is 13.6. The number of nitrogens with zero attached hydrogens (tertiary/aromatic N) is 4. The number of benzene rings is 2. The molecule has 0 spiro atoms. The fourth-order valence-electron chi connectivity index (χ4n) is 4.12. The molecule has 9 nitrogen and oxygen atoms in total. The van der Waals surface area contributed by atoms with Crippen molar-refractivity contribution in [2.45, 2.75) is 30.9 Å². The van der Waals surface area contributed by atoms with E-state index < -0.39 is 22.2 Å². The average molecular weight is 515 g/mol. The highest BCUT2D eigenvalue weighted by atomic mass is 32.2. The first-order valence-electron chi connectivity index (χ1n) is 11.8. The van der Waals surface area contributed by atoms with E-state index in [1.54, 1.807) is 60.2 Å². The summed E-state index contributed by atoms with van der Waals surface area (Å²) in [4.78, 5) is 16.0. The van der Waals surface area contributed by atoms with E-state index in [2.05, 4.69) is 6.07 Å². The zero-order chi connectivity index (χ0) is 26.6. The van der Waals surface area contributed by atoms with Gasteiger partial charge < -0.3 is 19.6 Å². The van der Waals surface area contributed by atoms with Crippen LogP contribution in [-0.2, 0) is 14.8 Å². The molecule has 1 heterocycles. The molecular weight excluding hydrogens is 480 g/mol. The van der Waals surface area contributed by atoms with Crippen LogP contribution in [0.15, 0.2) is 47.4 Å². The molecule has 3 rings (SSSR count). The van der Waals surface area contributed by atoms with Gasteiger partial charge in [0, 0.05) is 25.6 Å². The van der Waals surface area contributed by atoms with E-state index in [-0.39, 0.29) is 48.7 Å². The van der Waals surface area contributed by atoms with Gasteiger partial charge in [-0.1, -0.05) is 25.1 Å². The fraction of sp³-hybridized carbons (Fsp3) is 0.462. The Balaban J connectivity index is 2.07. The summed E-state index contributed by atoms with van der Waals surface area (Å²) in [7, 11) is 1.39. The molecule has 36 heavy (non-hydrogen) atoms. The number of sulfonamides is 1. The minimum atomic E-state index is -3.96. The summed E-state index contributed by atoms with van der Waals surface area (Å²) in [5.74, 6) is -0.148. The Bertz CT molecular complexity index is 1220. The van der Waals surface area contributed by atoms with Gasteiger partial charge in [0.05, 0.1) is 31.3 Å². The second-order valence-electron chi connectivity index (χ2n) is 9.60. The summed E-state index contributed by atoms with van der Waals surface area (Å²) in [6, 6.07) is 13.4. The van der Waals surface area contributed by atoms with E-state index in [1.165, 1.54) is 10.4 Å². The van der Waals surface area contributed by atoms with Crippen molar-refractivity contribution >= 4 is 15.9 Å². The van der Waals surface area contributed by atoms with E-state index in [4.69, 9.17) is 10.00 Å². The molecule has 194 valence electrons. The highest BCUT2D eigenvalue weighted by molar-refractivity contribution is 7.89. The number of carbonyl (C=O) groups is 1. The fourth-order valence-corrected chi connectivity index (χ4v) is 5.95. The van der Waals surface area contributed by atoms with Crippen LogP contribution in [0.2, 0.25) is 0 Å². The van der Waals surface area contributed by atoms with Crippen LogP contribution in [-0.4, -0.2) is 93.1 Å². The summed E-state index contributed by atoms with van der Waals surface area (Å²) in [6.45, 7) is 3.89. The Hall–Kier alpha value is -2.97. The van der Waals surface area contributed by atoms with E-state index in [0.29, 0.717) is 5.56 Å². The zero-order valence-corrected chi connectivity index (χ0v) is 22.2. The Morgan fingerprint density at radius 3 is 2.42 bits per heavy atom. The van der Waals surface area contributed by atoms with Crippen molar-refractivity contribution in [1.29, 1.82) is 5.26 Å². The molecule has 2 aromatic carbocycles. The van der Waals surface area contributed by atoms with Crippen molar-refractivity contribution in [1.82, 2.24) is 14.1 Å². The summed E-state index contributed by atoms with van der Waals surface area (Å²) >= 11 is 0. The van der Waals surface area contributed by atoms with Gasteiger partial charge in [-0.05, 0) is 56.4 Å². The number of aliphatic hydroxyl groups excluding tert-OH is 1. The van der Waals surface area contributed by atoms with Crippen LogP contribution in [0.3, 0.4) is 0 Å². The van der Waals surface area contributed by atoms with Gasteiger partial charge in [-0.2, -0.15) is 9.57 Å². The Morgan fingerprint density at radius 1 is 1.19 bits per heavy atom. The van der Waals surface area contributed by atoms with E-state index in [0.717, 1.165) is 11.1 Å². The molecular formula is C26H34N4O5S. The summed E-state index contributed by atoms with van der Waals surface area (Å²) in [5.41, 5.74) is 2.07. The number of amides is 1. The molecule has 10 heteroatoms. The lowest BCUT2D eigenvalue weighted by Crippen LogP contribution is -2.50. The number of ether oxygens (including phenoxy) is 1. The highest BCUT2D eigenvalue weighted by Crippen LogP contribution is 2.36. The molecule has 2 aromatic rings. The maximum atomic E-state index is 13.6. The molecule has 1 N–H and O–H groups in total. The lowest BCUT2D eigenvalue weighted by molar-refractivity contribution is -0.132. The lowest BCUT2D eigenvalue weighted by Gasteiger charge is -2.37. The number of fused-ring (bicyclic) bond motifs is 1. The van der Waals surface area contributed by atoms with Crippen LogP contribution in [0.4, 0.5) is 0 Å². The SMILES string of the molecule is C[C@H](CO)N1C[C@H](C)[C@H](CN(C)C(=O)CN(C)C)Oc2cc(-c3ccc(C#N)cc3)ccc2S1(=O)=O. The van der Waals surface area contributed by atoms with Crippen molar-refractivity contribution in [2.75, 3.05) is 47.4 Å². The molecule has 0 aromatic heterocycles. The van der Waals surface area contributed by atoms with Crippen LogP contribution in [0.25, 0.3) is 11.1 Å². The van der Waals surface area contributed by atoms with Gasteiger partial charge in [0.1, 0.15) is 16.7 Å². The van der Waals surface area contributed by atoms with Gasteiger partial charge in [0.15, 0.2) is 0 Å².